The van der Waals surface area contributed by atoms with Crippen molar-refractivity contribution in [2.75, 3.05) is 0 Å². The third kappa shape index (κ3) is 3.28. The molecule has 0 aromatic heterocycles. The summed E-state index contributed by atoms with van der Waals surface area (Å²) in [4.78, 5) is 11.8. The minimum absolute atomic E-state index is 0.293. The average molecular weight is 194 g/mol. The van der Waals surface area contributed by atoms with E-state index in [4.69, 9.17) is 0 Å². The molecule has 1 rings (SSSR count). The molecule has 1 aliphatic rings. The number of carbonyl (C=O) groups is 1. The first kappa shape index (κ1) is 11.5. The number of ketones is 1. The van der Waals surface area contributed by atoms with E-state index in [0.29, 0.717) is 17.1 Å². The van der Waals surface area contributed by atoms with Crippen molar-refractivity contribution in [3.05, 3.63) is 12.2 Å². The Kier molecular flexibility index (Phi) is 3.91. The van der Waals surface area contributed by atoms with Crippen LogP contribution in [0.15, 0.2) is 12.2 Å². The lowest BCUT2D eigenvalue weighted by molar-refractivity contribution is -0.120. The molecule has 1 aliphatic carbocycles. The number of carbonyl (C=O) groups excluding carboxylic acids is 1. The highest BCUT2D eigenvalue weighted by Gasteiger charge is 2.30. The fourth-order valence-corrected chi connectivity index (χ4v) is 2.31. The summed E-state index contributed by atoms with van der Waals surface area (Å²) in [5, 5.41) is 0. The lowest BCUT2D eigenvalue weighted by Gasteiger charge is -2.33. The van der Waals surface area contributed by atoms with Crippen LogP contribution < -0.4 is 0 Å². The second-order valence-electron chi connectivity index (χ2n) is 5.17. The molecule has 0 radical (unpaired) electrons. The zero-order valence-corrected chi connectivity index (χ0v) is 9.68. The van der Waals surface area contributed by atoms with E-state index in [9.17, 15) is 4.79 Å². The largest absolute Gasteiger partial charge is 0.295 e. The summed E-state index contributed by atoms with van der Waals surface area (Å²) in [7, 11) is 0. The van der Waals surface area contributed by atoms with Gasteiger partial charge in [0.15, 0.2) is 5.78 Å². The quantitative estimate of drug-likeness (QED) is 0.625. The second kappa shape index (κ2) is 4.77. The van der Waals surface area contributed by atoms with Gasteiger partial charge >= 0.3 is 0 Å². The Morgan fingerprint density at radius 3 is 2.79 bits per heavy atom. The molecular formula is C13H22O. The molecule has 0 heterocycles. The minimum atomic E-state index is 0.293. The van der Waals surface area contributed by atoms with E-state index in [1.54, 1.807) is 6.08 Å². The molecule has 0 aromatic carbocycles. The first-order chi connectivity index (χ1) is 6.55. The van der Waals surface area contributed by atoms with Crippen LogP contribution in [0.2, 0.25) is 0 Å². The van der Waals surface area contributed by atoms with Crippen LogP contribution >= 0.6 is 0 Å². The van der Waals surface area contributed by atoms with Crippen LogP contribution in [0.25, 0.3) is 0 Å². The van der Waals surface area contributed by atoms with Crippen LogP contribution in [0.3, 0.4) is 0 Å². The Morgan fingerprint density at radius 2 is 2.21 bits per heavy atom. The molecule has 0 aliphatic heterocycles. The van der Waals surface area contributed by atoms with Crippen molar-refractivity contribution in [3.8, 4) is 0 Å². The van der Waals surface area contributed by atoms with E-state index in [0.717, 1.165) is 19.3 Å². The average Bonchev–Trinajstić information content (AvgIpc) is 2.12. The van der Waals surface area contributed by atoms with E-state index in [1.807, 2.05) is 6.08 Å². The lowest BCUT2D eigenvalue weighted by atomic mass is 9.71. The fourth-order valence-electron chi connectivity index (χ4n) is 2.31. The minimum Gasteiger partial charge on any atom is -0.295 e. The van der Waals surface area contributed by atoms with Gasteiger partial charge in [0.2, 0.25) is 0 Å². The van der Waals surface area contributed by atoms with Crippen LogP contribution in [-0.4, -0.2) is 5.78 Å². The molecule has 0 amide bonds. The molecule has 0 spiro atoms. The Labute approximate surface area is 87.6 Å². The van der Waals surface area contributed by atoms with Gasteiger partial charge in [-0.2, -0.15) is 0 Å². The molecular weight excluding hydrogens is 172 g/mol. The lowest BCUT2D eigenvalue weighted by Crippen LogP contribution is -2.26. The number of allylic oxidation sites excluding steroid dienone is 2. The molecule has 0 N–H and O–H groups in total. The van der Waals surface area contributed by atoms with E-state index in [1.165, 1.54) is 12.8 Å². The highest BCUT2D eigenvalue weighted by Crippen LogP contribution is 2.38. The van der Waals surface area contributed by atoms with Gasteiger partial charge in [0.05, 0.1) is 0 Å². The third-order valence-electron chi connectivity index (χ3n) is 3.13. The fraction of sp³-hybridized carbons (Fsp3) is 0.769. The van der Waals surface area contributed by atoms with Crippen LogP contribution in [0, 0.1) is 11.3 Å². The summed E-state index contributed by atoms with van der Waals surface area (Å²) in [6.07, 6.45) is 9.37. The topological polar surface area (TPSA) is 17.1 Å². The maximum Gasteiger partial charge on any atom is 0.158 e. The van der Waals surface area contributed by atoms with Crippen LogP contribution in [0.4, 0.5) is 0 Å². The summed E-state index contributed by atoms with van der Waals surface area (Å²) in [5.41, 5.74) is 0.374. The molecule has 1 atom stereocenters. The van der Waals surface area contributed by atoms with Gasteiger partial charge in [-0.05, 0) is 37.2 Å². The Bertz CT molecular complexity index is 225. The predicted molar refractivity (Wildman–Crippen MR) is 60.2 cm³/mol. The molecule has 1 nitrogen and oxygen atoms in total. The van der Waals surface area contributed by atoms with Crippen LogP contribution in [0.5, 0.6) is 0 Å². The Morgan fingerprint density at radius 1 is 1.50 bits per heavy atom. The second-order valence-corrected chi connectivity index (χ2v) is 5.17. The van der Waals surface area contributed by atoms with Crippen LogP contribution in [0.1, 0.15) is 52.9 Å². The molecule has 0 bridgehead atoms. The van der Waals surface area contributed by atoms with Gasteiger partial charge in [-0.25, -0.2) is 0 Å². The van der Waals surface area contributed by atoms with Gasteiger partial charge in [-0.15, -0.1) is 0 Å². The molecule has 0 aromatic rings. The van der Waals surface area contributed by atoms with Crippen molar-refractivity contribution in [2.24, 2.45) is 11.3 Å². The van der Waals surface area contributed by atoms with Crippen molar-refractivity contribution in [2.45, 2.75) is 52.9 Å². The highest BCUT2D eigenvalue weighted by molar-refractivity contribution is 5.91. The number of hydrogen-bond acceptors (Lipinski definition) is 1. The third-order valence-corrected chi connectivity index (χ3v) is 3.13. The van der Waals surface area contributed by atoms with Gasteiger partial charge < -0.3 is 0 Å². The van der Waals surface area contributed by atoms with Gasteiger partial charge in [0.25, 0.3) is 0 Å². The summed E-state index contributed by atoms with van der Waals surface area (Å²) in [6.45, 7) is 6.61. The standard InChI is InChI=1S/C13H22O/c1-4-5-8-12(14)11-7-6-9-13(2,3)10-11/h5,8,11H,4,6-7,9-10H2,1-3H3/b8-5-. The smallest absolute Gasteiger partial charge is 0.158 e. The zero-order valence-electron chi connectivity index (χ0n) is 9.68. The number of rotatable bonds is 3. The number of hydrogen-bond donors (Lipinski definition) is 0. The summed E-state index contributed by atoms with van der Waals surface area (Å²) in [5.74, 6) is 0.640. The molecule has 1 fully saturated rings. The summed E-state index contributed by atoms with van der Waals surface area (Å²) < 4.78 is 0. The monoisotopic (exact) mass is 194 g/mol. The SMILES string of the molecule is CC/C=C\C(=O)C1CCCC(C)(C)C1. The van der Waals surface area contributed by atoms with Gasteiger partial charge in [-0.3, -0.25) is 4.79 Å². The molecule has 1 heteroatoms. The normalized spacial score (nSPS) is 26.6. The first-order valence-corrected chi connectivity index (χ1v) is 5.75. The van der Waals surface area contributed by atoms with Gasteiger partial charge in [-0.1, -0.05) is 33.3 Å². The van der Waals surface area contributed by atoms with Crippen molar-refractivity contribution in [3.63, 3.8) is 0 Å². The first-order valence-electron chi connectivity index (χ1n) is 5.75. The van der Waals surface area contributed by atoms with Crippen molar-refractivity contribution in [1.82, 2.24) is 0 Å². The van der Waals surface area contributed by atoms with E-state index in [-0.39, 0.29) is 0 Å². The molecule has 80 valence electrons. The molecule has 1 saturated carbocycles. The molecule has 14 heavy (non-hydrogen) atoms. The van der Waals surface area contributed by atoms with E-state index < -0.39 is 0 Å². The summed E-state index contributed by atoms with van der Waals surface area (Å²) >= 11 is 0. The van der Waals surface area contributed by atoms with Crippen molar-refractivity contribution >= 4 is 5.78 Å². The predicted octanol–water partition coefficient (Wildman–Crippen LogP) is 3.74. The van der Waals surface area contributed by atoms with Gasteiger partial charge in [0, 0.05) is 5.92 Å². The summed E-state index contributed by atoms with van der Waals surface area (Å²) in [6, 6.07) is 0. The van der Waals surface area contributed by atoms with Crippen molar-refractivity contribution < 1.29 is 4.79 Å². The van der Waals surface area contributed by atoms with Crippen LogP contribution in [-0.2, 0) is 4.79 Å². The molecule has 1 unspecified atom stereocenters. The maximum absolute atomic E-state index is 11.8. The van der Waals surface area contributed by atoms with E-state index in [2.05, 4.69) is 20.8 Å². The Hall–Kier alpha value is -0.590. The highest BCUT2D eigenvalue weighted by atomic mass is 16.1. The van der Waals surface area contributed by atoms with E-state index >= 15 is 0 Å². The zero-order chi connectivity index (χ0) is 10.6. The maximum atomic E-state index is 11.8. The molecule has 0 saturated heterocycles. The van der Waals surface area contributed by atoms with Gasteiger partial charge in [0.1, 0.15) is 0 Å². The van der Waals surface area contributed by atoms with Crippen molar-refractivity contribution in [1.29, 1.82) is 0 Å². The Balaban J connectivity index is 2.52.